The third kappa shape index (κ3) is 1.56. The monoisotopic (exact) mass is 262 g/mol. The predicted molar refractivity (Wildman–Crippen MR) is 78.5 cm³/mol. The number of nitrogens with zero attached hydrogens (tertiary/aromatic N) is 2. The summed E-state index contributed by atoms with van der Waals surface area (Å²) in [5.74, 6) is 1.90. The molecule has 2 aromatic carbocycles. The van der Waals surface area contributed by atoms with E-state index in [4.69, 9.17) is 9.72 Å². The fourth-order valence-electron chi connectivity index (χ4n) is 2.68. The van der Waals surface area contributed by atoms with Crippen molar-refractivity contribution in [2.45, 2.75) is 13.7 Å². The third-order valence-electron chi connectivity index (χ3n) is 3.75. The van der Waals surface area contributed by atoms with E-state index in [0.717, 1.165) is 34.1 Å². The summed E-state index contributed by atoms with van der Waals surface area (Å²) in [7, 11) is 0. The number of hydrogen-bond donors (Lipinski definition) is 0. The lowest BCUT2D eigenvalue weighted by Crippen LogP contribution is -2.13. The van der Waals surface area contributed by atoms with Crippen LogP contribution in [0.15, 0.2) is 54.6 Å². The van der Waals surface area contributed by atoms with Crippen LogP contribution < -0.4 is 4.74 Å². The smallest absolute Gasteiger partial charge is 0.166 e. The Hall–Kier alpha value is -2.55. The maximum atomic E-state index is 5.80. The van der Waals surface area contributed by atoms with Crippen LogP contribution in [0.3, 0.4) is 0 Å². The summed E-state index contributed by atoms with van der Waals surface area (Å²) in [4.78, 5) is 4.84. The molecule has 1 aliphatic rings. The summed E-state index contributed by atoms with van der Waals surface area (Å²) in [5, 5.41) is 0. The van der Waals surface area contributed by atoms with Gasteiger partial charge in [-0.25, -0.2) is 4.98 Å². The molecule has 0 atom stereocenters. The molecule has 0 N–H and O–H groups in total. The molecule has 3 nitrogen and oxygen atoms in total. The molecule has 2 heterocycles. The highest BCUT2D eigenvalue weighted by atomic mass is 16.5. The summed E-state index contributed by atoms with van der Waals surface area (Å²) < 4.78 is 7.93. The minimum Gasteiger partial charge on any atom is -0.472 e. The Bertz CT molecular complexity index is 775. The van der Waals surface area contributed by atoms with Crippen LogP contribution >= 0.6 is 0 Å². The third-order valence-corrected chi connectivity index (χ3v) is 3.75. The average molecular weight is 262 g/mol. The standard InChI is InChI=1S/C17H14N2O/c1-12-16(13-7-3-2-4-8-13)18-17-14-9-5-6-10-15(14)20-11-19(12)17/h2-10H,11H2,1H3. The Kier molecular flexibility index (Phi) is 2.39. The van der Waals surface area contributed by atoms with E-state index in [2.05, 4.69) is 29.7 Å². The molecule has 20 heavy (non-hydrogen) atoms. The summed E-state index contributed by atoms with van der Waals surface area (Å²) >= 11 is 0. The van der Waals surface area contributed by atoms with E-state index in [0.29, 0.717) is 6.73 Å². The summed E-state index contributed by atoms with van der Waals surface area (Å²) in [6, 6.07) is 18.3. The molecule has 98 valence electrons. The van der Waals surface area contributed by atoms with Gasteiger partial charge >= 0.3 is 0 Å². The fourth-order valence-corrected chi connectivity index (χ4v) is 2.68. The average Bonchev–Trinajstić information content (AvgIpc) is 2.86. The molecule has 1 aromatic heterocycles. The zero-order valence-corrected chi connectivity index (χ0v) is 11.2. The highest BCUT2D eigenvalue weighted by Gasteiger charge is 2.22. The minimum atomic E-state index is 0.526. The molecular formula is C17H14N2O. The lowest BCUT2D eigenvalue weighted by molar-refractivity contribution is 0.227. The van der Waals surface area contributed by atoms with Crippen molar-refractivity contribution in [2.75, 3.05) is 0 Å². The molecule has 3 heteroatoms. The first-order chi connectivity index (χ1) is 9.84. The molecule has 0 saturated carbocycles. The molecule has 4 rings (SSSR count). The first-order valence-electron chi connectivity index (χ1n) is 6.69. The Morgan fingerprint density at radius 2 is 1.75 bits per heavy atom. The molecular weight excluding hydrogens is 248 g/mol. The van der Waals surface area contributed by atoms with Crippen LogP contribution in [0.1, 0.15) is 5.69 Å². The second-order valence-corrected chi connectivity index (χ2v) is 4.93. The van der Waals surface area contributed by atoms with Crippen LogP contribution in [0, 0.1) is 6.92 Å². The predicted octanol–water partition coefficient (Wildman–Crippen LogP) is 3.88. The Balaban J connectivity index is 1.94. The van der Waals surface area contributed by atoms with E-state index in [-0.39, 0.29) is 0 Å². The Morgan fingerprint density at radius 1 is 1.00 bits per heavy atom. The van der Waals surface area contributed by atoms with Crippen LogP contribution in [0.2, 0.25) is 0 Å². The molecule has 0 aliphatic carbocycles. The van der Waals surface area contributed by atoms with Gasteiger partial charge in [-0.1, -0.05) is 42.5 Å². The number of rotatable bonds is 1. The van der Waals surface area contributed by atoms with Crippen molar-refractivity contribution in [2.24, 2.45) is 0 Å². The summed E-state index contributed by atoms with van der Waals surface area (Å²) in [6.07, 6.45) is 0. The second-order valence-electron chi connectivity index (χ2n) is 4.93. The molecule has 0 unspecified atom stereocenters. The molecule has 0 fully saturated rings. The van der Waals surface area contributed by atoms with Gasteiger partial charge in [-0.05, 0) is 19.1 Å². The van der Waals surface area contributed by atoms with Crippen molar-refractivity contribution in [3.05, 3.63) is 60.3 Å². The molecule has 0 bridgehead atoms. The molecule has 0 amide bonds. The first-order valence-corrected chi connectivity index (χ1v) is 6.69. The van der Waals surface area contributed by atoms with Gasteiger partial charge in [-0.15, -0.1) is 0 Å². The molecule has 0 spiro atoms. The van der Waals surface area contributed by atoms with Crippen molar-refractivity contribution >= 4 is 0 Å². The maximum absolute atomic E-state index is 5.80. The van der Waals surface area contributed by atoms with Crippen molar-refractivity contribution < 1.29 is 4.74 Å². The number of fused-ring (bicyclic) bond motifs is 3. The van der Waals surface area contributed by atoms with Gasteiger partial charge in [0.2, 0.25) is 0 Å². The van der Waals surface area contributed by atoms with E-state index in [9.17, 15) is 0 Å². The number of aromatic nitrogens is 2. The van der Waals surface area contributed by atoms with E-state index < -0.39 is 0 Å². The van der Waals surface area contributed by atoms with Crippen LogP contribution in [0.5, 0.6) is 5.75 Å². The van der Waals surface area contributed by atoms with Gasteiger partial charge in [0.1, 0.15) is 11.6 Å². The van der Waals surface area contributed by atoms with E-state index in [1.807, 2.05) is 36.4 Å². The van der Waals surface area contributed by atoms with E-state index in [1.54, 1.807) is 0 Å². The highest BCUT2D eigenvalue weighted by Crippen LogP contribution is 2.36. The lowest BCUT2D eigenvalue weighted by Gasteiger charge is -2.19. The number of imidazole rings is 1. The number of para-hydroxylation sites is 1. The van der Waals surface area contributed by atoms with Crippen molar-refractivity contribution in [3.8, 4) is 28.4 Å². The molecule has 0 radical (unpaired) electrons. The van der Waals surface area contributed by atoms with Gasteiger partial charge in [0.15, 0.2) is 6.73 Å². The van der Waals surface area contributed by atoms with Crippen LogP contribution in [0.4, 0.5) is 0 Å². The molecule has 1 aliphatic heterocycles. The number of hydrogen-bond acceptors (Lipinski definition) is 2. The first kappa shape index (κ1) is 11.3. The van der Waals surface area contributed by atoms with Gasteiger partial charge in [-0.3, -0.25) is 4.57 Å². The van der Waals surface area contributed by atoms with Crippen molar-refractivity contribution in [1.29, 1.82) is 0 Å². The van der Waals surface area contributed by atoms with Crippen LogP contribution in [-0.2, 0) is 6.73 Å². The van der Waals surface area contributed by atoms with Gasteiger partial charge in [0, 0.05) is 11.3 Å². The van der Waals surface area contributed by atoms with Gasteiger partial charge in [0.25, 0.3) is 0 Å². The molecule has 0 saturated heterocycles. The van der Waals surface area contributed by atoms with E-state index >= 15 is 0 Å². The van der Waals surface area contributed by atoms with Crippen LogP contribution in [-0.4, -0.2) is 9.55 Å². The topological polar surface area (TPSA) is 27.1 Å². The van der Waals surface area contributed by atoms with Crippen LogP contribution in [0.25, 0.3) is 22.6 Å². The zero-order chi connectivity index (χ0) is 13.5. The SMILES string of the molecule is Cc1c(-c2ccccc2)nc2n1COc1ccccc1-2. The fraction of sp³-hybridized carbons (Fsp3) is 0.118. The maximum Gasteiger partial charge on any atom is 0.166 e. The Morgan fingerprint density at radius 3 is 2.60 bits per heavy atom. The second kappa shape index (κ2) is 4.23. The largest absolute Gasteiger partial charge is 0.472 e. The van der Waals surface area contributed by atoms with E-state index in [1.165, 1.54) is 0 Å². The van der Waals surface area contributed by atoms with Crippen molar-refractivity contribution in [1.82, 2.24) is 9.55 Å². The minimum absolute atomic E-state index is 0.526. The summed E-state index contributed by atoms with van der Waals surface area (Å²) in [6.45, 7) is 2.62. The van der Waals surface area contributed by atoms with Gasteiger partial charge in [0.05, 0.1) is 11.3 Å². The summed E-state index contributed by atoms with van der Waals surface area (Å²) in [5.41, 5.74) is 4.37. The number of benzene rings is 2. The van der Waals surface area contributed by atoms with Crippen molar-refractivity contribution in [3.63, 3.8) is 0 Å². The van der Waals surface area contributed by atoms with Gasteiger partial charge in [-0.2, -0.15) is 0 Å². The highest BCUT2D eigenvalue weighted by molar-refractivity contribution is 5.72. The zero-order valence-electron chi connectivity index (χ0n) is 11.2. The Labute approximate surface area is 117 Å². The van der Waals surface area contributed by atoms with Gasteiger partial charge < -0.3 is 4.74 Å². The lowest BCUT2D eigenvalue weighted by atomic mass is 10.1. The number of ether oxygens (including phenoxy) is 1. The molecule has 3 aromatic rings. The normalized spacial score (nSPS) is 12.4. The quantitative estimate of drug-likeness (QED) is 0.665.